The molecule has 2 fully saturated rings. The van der Waals surface area contributed by atoms with Crippen LogP contribution < -0.4 is 19.5 Å². The highest BCUT2D eigenvalue weighted by molar-refractivity contribution is 6.04. The lowest BCUT2D eigenvalue weighted by Gasteiger charge is -2.47. The summed E-state index contributed by atoms with van der Waals surface area (Å²) >= 11 is 0. The van der Waals surface area contributed by atoms with Crippen LogP contribution in [-0.4, -0.2) is 85.0 Å². The molecule has 6 rings (SSSR count). The Balaban J connectivity index is 1.22. The van der Waals surface area contributed by atoms with Crippen molar-refractivity contribution in [2.24, 2.45) is 0 Å². The van der Waals surface area contributed by atoms with Crippen LogP contribution in [0.15, 0.2) is 66.2 Å². The molecule has 9 nitrogen and oxygen atoms in total. The van der Waals surface area contributed by atoms with E-state index in [1.54, 1.807) is 7.11 Å². The van der Waals surface area contributed by atoms with E-state index < -0.39 is 12.1 Å². The molecule has 0 aromatic heterocycles. The number of hydrogen-bond donors (Lipinski definition) is 2. The number of methoxy groups -OCH3 is 1. The minimum atomic E-state index is -0.985. The molecule has 2 bridgehead atoms. The highest BCUT2D eigenvalue weighted by atomic mass is 16.5. The quantitative estimate of drug-likeness (QED) is 0.259. The monoisotopic (exact) mass is 639 g/mol. The predicted molar refractivity (Wildman–Crippen MR) is 181 cm³/mol. The Hall–Kier alpha value is -4.50. The minimum Gasteiger partial charge on any atom is -0.497 e. The normalized spacial score (nSPS) is 18.9. The second kappa shape index (κ2) is 14.1. The number of carbonyl (C=O) groups is 2. The van der Waals surface area contributed by atoms with E-state index in [0.29, 0.717) is 50.6 Å². The second-order valence-corrected chi connectivity index (χ2v) is 12.8. The summed E-state index contributed by atoms with van der Waals surface area (Å²) in [5, 5.41) is 13.6. The maximum absolute atomic E-state index is 14.5. The molecule has 3 aromatic rings. The van der Waals surface area contributed by atoms with E-state index >= 15 is 0 Å². The number of hydrogen-bond acceptors (Lipinski definition) is 6. The van der Waals surface area contributed by atoms with Gasteiger partial charge in [0.1, 0.15) is 23.9 Å². The molecule has 0 unspecified atom stereocenters. The zero-order valence-electron chi connectivity index (χ0n) is 27.8. The Morgan fingerprint density at radius 1 is 0.894 bits per heavy atom. The number of benzene rings is 3. The summed E-state index contributed by atoms with van der Waals surface area (Å²) in [5.41, 5.74) is 7.15. The SMILES string of the molecule is COc1ccc(OCCN(C(=O)C2=C(c3ccc(CCOc4c(C)ccc(C)c4C)cc3)C[C@@H]3CNC[C@H]2N3C(=O)O)C2CC2)cc1. The molecule has 1 aliphatic carbocycles. The molecule has 2 atom stereocenters. The lowest BCUT2D eigenvalue weighted by molar-refractivity contribution is -0.129. The molecule has 2 heterocycles. The maximum Gasteiger partial charge on any atom is 0.408 e. The number of amides is 2. The number of carbonyl (C=O) groups excluding carboxylic acids is 1. The van der Waals surface area contributed by atoms with Crippen LogP contribution in [0.5, 0.6) is 17.2 Å². The van der Waals surface area contributed by atoms with E-state index in [0.717, 1.165) is 53.0 Å². The van der Waals surface area contributed by atoms with Gasteiger partial charge in [-0.3, -0.25) is 9.69 Å². The molecule has 9 heteroatoms. The van der Waals surface area contributed by atoms with Gasteiger partial charge >= 0.3 is 6.09 Å². The van der Waals surface area contributed by atoms with Crippen molar-refractivity contribution in [3.63, 3.8) is 0 Å². The van der Waals surface area contributed by atoms with Crippen LogP contribution in [0.3, 0.4) is 0 Å². The number of carboxylic acid groups (broad SMARTS) is 1. The molecule has 2 amide bonds. The van der Waals surface area contributed by atoms with Crippen LogP contribution in [0.4, 0.5) is 4.79 Å². The predicted octanol–water partition coefficient (Wildman–Crippen LogP) is 5.79. The first-order valence-electron chi connectivity index (χ1n) is 16.6. The first-order valence-corrected chi connectivity index (χ1v) is 16.6. The second-order valence-electron chi connectivity index (χ2n) is 12.8. The third-order valence-corrected chi connectivity index (χ3v) is 9.72. The van der Waals surface area contributed by atoms with Crippen molar-refractivity contribution in [2.45, 2.75) is 64.6 Å². The minimum absolute atomic E-state index is 0.0967. The van der Waals surface area contributed by atoms with Crippen LogP contribution in [0.25, 0.3) is 5.57 Å². The number of nitrogens with one attached hydrogen (secondary N) is 1. The average Bonchev–Trinajstić information content (AvgIpc) is 3.92. The van der Waals surface area contributed by atoms with Gasteiger partial charge in [-0.15, -0.1) is 0 Å². The fourth-order valence-electron chi connectivity index (χ4n) is 6.85. The van der Waals surface area contributed by atoms with Gasteiger partial charge in [-0.25, -0.2) is 4.79 Å². The molecule has 248 valence electrons. The van der Waals surface area contributed by atoms with Gasteiger partial charge in [-0.2, -0.15) is 0 Å². The van der Waals surface area contributed by atoms with Crippen molar-refractivity contribution in [3.05, 3.63) is 94.1 Å². The van der Waals surface area contributed by atoms with Crippen LogP contribution >= 0.6 is 0 Å². The molecule has 2 aliphatic heterocycles. The topological polar surface area (TPSA) is 101 Å². The zero-order chi connectivity index (χ0) is 33.1. The summed E-state index contributed by atoms with van der Waals surface area (Å²) in [4.78, 5) is 30.4. The fourth-order valence-corrected chi connectivity index (χ4v) is 6.85. The number of fused-ring (bicyclic) bond motifs is 2. The fraction of sp³-hybridized carbons (Fsp3) is 0.421. The molecule has 0 radical (unpaired) electrons. The zero-order valence-corrected chi connectivity index (χ0v) is 27.8. The maximum atomic E-state index is 14.5. The van der Waals surface area contributed by atoms with Crippen LogP contribution in [0.2, 0.25) is 0 Å². The number of piperazine rings is 1. The highest BCUT2D eigenvalue weighted by Gasteiger charge is 2.46. The third kappa shape index (κ3) is 7.10. The van der Waals surface area contributed by atoms with E-state index in [4.69, 9.17) is 14.2 Å². The molecule has 2 N–H and O–H groups in total. The van der Waals surface area contributed by atoms with Crippen LogP contribution in [0, 0.1) is 20.8 Å². The van der Waals surface area contributed by atoms with Crippen molar-refractivity contribution in [3.8, 4) is 17.2 Å². The van der Waals surface area contributed by atoms with Gasteiger partial charge < -0.3 is 29.5 Å². The van der Waals surface area contributed by atoms with E-state index in [1.807, 2.05) is 29.2 Å². The molecular weight excluding hydrogens is 594 g/mol. The molecular formula is C38H45N3O6. The summed E-state index contributed by atoms with van der Waals surface area (Å²) in [6.07, 6.45) is 2.11. The molecule has 3 aliphatic rings. The van der Waals surface area contributed by atoms with Gasteiger partial charge in [0.25, 0.3) is 5.91 Å². The molecule has 0 spiro atoms. The van der Waals surface area contributed by atoms with Gasteiger partial charge in [0, 0.05) is 31.1 Å². The van der Waals surface area contributed by atoms with Gasteiger partial charge in [0.05, 0.1) is 32.3 Å². The van der Waals surface area contributed by atoms with Crippen molar-refractivity contribution in [1.29, 1.82) is 0 Å². The molecule has 1 saturated heterocycles. The van der Waals surface area contributed by atoms with Gasteiger partial charge in [-0.1, -0.05) is 36.4 Å². The summed E-state index contributed by atoms with van der Waals surface area (Å²) in [7, 11) is 1.62. The Kier molecular flexibility index (Phi) is 9.73. The Bertz CT molecular complexity index is 1630. The standard InChI is InChI=1S/C38H45N3O6/c1-24-5-6-25(2)36(26(24)3)47-19-17-27-7-9-28(10-8-27)33-21-30-22-39-23-34(41(30)38(43)44)35(33)37(42)40(29-11-12-29)18-20-46-32-15-13-31(45-4)14-16-32/h5-10,13-16,29-30,34,39H,11-12,17-23H2,1-4H3,(H,43,44)/t30-,34-/m1/s1. The Morgan fingerprint density at radius 2 is 1.60 bits per heavy atom. The lowest BCUT2D eigenvalue weighted by Crippen LogP contribution is -2.63. The number of aryl methyl sites for hydroxylation is 2. The summed E-state index contributed by atoms with van der Waals surface area (Å²) in [6, 6.07) is 19.3. The van der Waals surface area contributed by atoms with Gasteiger partial charge in [0.15, 0.2) is 0 Å². The largest absolute Gasteiger partial charge is 0.497 e. The summed E-state index contributed by atoms with van der Waals surface area (Å²) in [6.45, 7) is 8.55. The van der Waals surface area contributed by atoms with Crippen molar-refractivity contribution >= 4 is 17.6 Å². The number of nitrogens with zero attached hydrogens (tertiary/aromatic N) is 2. The van der Waals surface area contributed by atoms with Gasteiger partial charge in [-0.05, 0) is 97.7 Å². The van der Waals surface area contributed by atoms with Crippen LogP contribution in [0.1, 0.15) is 47.1 Å². The first kappa shape index (κ1) is 32.4. The molecule has 47 heavy (non-hydrogen) atoms. The van der Waals surface area contributed by atoms with E-state index in [9.17, 15) is 14.7 Å². The van der Waals surface area contributed by atoms with Crippen molar-refractivity contribution in [1.82, 2.24) is 15.1 Å². The van der Waals surface area contributed by atoms with Crippen molar-refractivity contribution < 1.29 is 28.9 Å². The average molecular weight is 640 g/mol. The smallest absolute Gasteiger partial charge is 0.408 e. The Morgan fingerprint density at radius 3 is 2.28 bits per heavy atom. The Labute approximate surface area is 277 Å². The third-order valence-electron chi connectivity index (χ3n) is 9.72. The van der Waals surface area contributed by atoms with Gasteiger partial charge in [0.2, 0.25) is 0 Å². The van der Waals surface area contributed by atoms with E-state index in [1.165, 1.54) is 16.0 Å². The number of ether oxygens (including phenoxy) is 3. The molecule has 1 saturated carbocycles. The van der Waals surface area contributed by atoms with E-state index in [2.05, 4.69) is 62.5 Å². The summed E-state index contributed by atoms with van der Waals surface area (Å²) in [5.74, 6) is 2.31. The lowest BCUT2D eigenvalue weighted by atomic mass is 9.81. The molecule has 3 aromatic carbocycles. The van der Waals surface area contributed by atoms with E-state index in [-0.39, 0.29) is 18.0 Å². The van der Waals surface area contributed by atoms with Crippen LogP contribution in [-0.2, 0) is 11.2 Å². The highest BCUT2D eigenvalue weighted by Crippen LogP contribution is 2.39. The first-order chi connectivity index (χ1) is 22.7. The van der Waals surface area contributed by atoms with Crippen molar-refractivity contribution in [2.75, 3.05) is 40.0 Å². The number of rotatable bonds is 12. The summed E-state index contributed by atoms with van der Waals surface area (Å²) < 4.78 is 17.5.